The molecule has 2 heterocycles. The largest absolute Gasteiger partial charge is 0.489 e. The average molecular weight is 351 g/mol. The Morgan fingerprint density at radius 3 is 2.77 bits per heavy atom. The second kappa shape index (κ2) is 6.67. The number of aliphatic hydroxyl groups is 1. The van der Waals surface area contributed by atoms with Gasteiger partial charge in [0.25, 0.3) is 0 Å². The highest BCUT2D eigenvalue weighted by Gasteiger charge is 2.19. The van der Waals surface area contributed by atoms with Crippen molar-refractivity contribution in [1.82, 2.24) is 9.61 Å². The summed E-state index contributed by atoms with van der Waals surface area (Å²) in [7, 11) is 0. The lowest BCUT2D eigenvalue weighted by atomic mass is 10.1. The van der Waals surface area contributed by atoms with E-state index in [9.17, 15) is 10.4 Å². The van der Waals surface area contributed by atoms with Gasteiger partial charge in [0.2, 0.25) is 0 Å². The van der Waals surface area contributed by atoms with Gasteiger partial charge >= 0.3 is 0 Å². The molecule has 3 aromatic rings. The van der Waals surface area contributed by atoms with Crippen LogP contribution in [-0.4, -0.2) is 26.9 Å². The molecule has 4 N–H and O–H groups in total. The molecule has 0 amide bonds. The number of fused-ring (bicyclic) bond motifs is 1. The summed E-state index contributed by atoms with van der Waals surface area (Å²) in [6, 6.07) is 13.2. The number of nitrogen functional groups attached to an aromatic ring is 1. The van der Waals surface area contributed by atoms with Crippen molar-refractivity contribution in [3.8, 4) is 23.1 Å². The van der Waals surface area contributed by atoms with Crippen LogP contribution < -0.4 is 16.0 Å². The van der Waals surface area contributed by atoms with E-state index < -0.39 is 5.60 Å². The maximum Gasteiger partial charge on any atom is 0.140 e. The van der Waals surface area contributed by atoms with Crippen LogP contribution in [0.5, 0.6) is 5.75 Å². The Kier molecular flexibility index (Phi) is 4.55. The number of aryl methyl sites for hydroxylation is 1. The van der Waals surface area contributed by atoms with Gasteiger partial charge in [-0.15, -0.1) is 0 Å². The van der Waals surface area contributed by atoms with Crippen molar-refractivity contribution in [2.75, 3.05) is 12.0 Å². The molecule has 0 unspecified atom stereocenters. The quantitative estimate of drug-likeness (QED) is 0.482. The molecule has 2 aromatic heterocycles. The smallest absolute Gasteiger partial charge is 0.140 e. The molecule has 0 bridgehead atoms. The summed E-state index contributed by atoms with van der Waals surface area (Å²) in [5.41, 5.74) is 5.69. The minimum atomic E-state index is -0.940. The number of anilines is 1. The first-order valence-electron chi connectivity index (χ1n) is 8.19. The molecule has 7 heteroatoms. The molecule has 3 rings (SSSR count). The fraction of sp³-hybridized carbons (Fsp3) is 0.263. The molecule has 0 aliphatic heterocycles. The molecule has 134 valence electrons. The molecule has 1 aromatic carbocycles. The molecule has 0 saturated carbocycles. The number of nitriles is 1. The number of nitrogens with zero attached hydrogens (tertiary/aromatic N) is 3. The van der Waals surface area contributed by atoms with E-state index in [2.05, 4.69) is 16.6 Å². The monoisotopic (exact) mass is 351 g/mol. The standard InChI is InChI=1S/C19H21N5O2/c1-12-17(26-11-19(2,3)25)8-7-16-15(10-20)18(23-24(12)16)13-5-4-6-14(9-13)22-21/h4-9,22,25H,11,21H2,1-3H3. The van der Waals surface area contributed by atoms with Crippen molar-refractivity contribution in [3.05, 3.63) is 47.7 Å². The molecule has 0 atom stereocenters. The summed E-state index contributed by atoms with van der Waals surface area (Å²) in [4.78, 5) is 0. The maximum absolute atomic E-state index is 9.86. The molecule has 26 heavy (non-hydrogen) atoms. The highest BCUT2D eigenvalue weighted by atomic mass is 16.5. The summed E-state index contributed by atoms with van der Waals surface area (Å²) in [5.74, 6) is 6.08. The lowest BCUT2D eigenvalue weighted by Crippen LogP contribution is -2.28. The first-order chi connectivity index (χ1) is 12.3. The molecular weight excluding hydrogens is 330 g/mol. The Hall–Kier alpha value is -3.08. The van der Waals surface area contributed by atoms with E-state index in [-0.39, 0.29) is 6.61 Å². The highest BCUT2D eigenvalue weighted by Crippen LogP contribution is 2.30. The predicted molar refractivity (Wildman–Crippen MR) is 99.7 cm³/mol. The predicted octanol–water partition coefficient (Wildman–Crippen LogP) is 2.62. The number of nitrogens with one attached hydrogen (secondary N) is 1. The van der Waals surface area contributed by atoms with Crippen LogP contribution >= 0.6 is 0 Å². The lowest BCUT2D eigenvalue weighted by molar-refractivity contribution is 0.0280. The van der Waals surface area contributed by atoms with Crippen LogP contribution in [0.25, 0.3) is 16.8 Å². The van der Waals surface area contributed by atoms with Crippen molar-refractivity contribution in [2.24, 2.45) is 5.84 Å². The summed E-state index contributed by atoms with van der Waals surface area (Å²) < 4.78 is 7.40. The van der Waals surface area contributed by atoms with Gasteiger partial charge in [-0.3, -0.25) is 5.84 Å². The maximum atomic E-state index is 9.86. The Bertz CT molecular complexity index is 996. The highest BCUT2D eigenvalue weighted by molar-refractivity contribution is 5.79. The van der Waals surface area contributed by atoms with Crippen molar-refractivity contribution >= 4 is 11.2 Å². The van der Waals surface area contributed by atoms with Crippen molar-refractivity contribution in [2.45, 2.75) is 26.4 Å². The molecule has 0 spiro atoms. The second-order valence-electron chi connectivity index (χ2n) is 6.74. The molecule has 0 fully saturated rings. The number of hydrogen-bond donors (Lipinski definition) is 3. The molecule has 0 aliphatic carbocycles. The van der Waals surface area contributed by atoms with Gasteiger partial charge in [-0.2, -0.15) is 10.4 Å². The van der Waals surface area contributed by atoms with Gasteiger partial charge in [0.1, 0.15) is 29.7 Å². The van der Waals surface area contributed by atoms with Crippen LogP contribution in [0, 0.1) is 18.3 Å². The Balaban J connectivity index is 2.11. The van der Waals surface area contributed by atoms with E-state index in [1.807, 2.05) is 31.2 Å². The summed E-state index contributed by atoms with van der Waals surface area (Å²) in [5, 5.41) is 24.1. The molecule has 7 nitrogen and oxygen atoms in total. The summed E-state index contributed by atoms with van der Waals surface area (Å²) in [6.07, 6.45) is 0. The van der Waals surface area contributed by atoms with Crippen LogP contribution in [0.1, 0.15) is 25.1 Å². The van der Waals surface area contributed by atoms with Crippen LogP contribution in [0.4, 0.5) is 5.69 Å². The molecule has 0 saturated heterocycles. The number of nitrogens with two attached hydrogens (primary N) is 1. The minimum absolute atomic E-state index is 0.156. The first kappa shape index (κ1) is 17.7. The van der Waals surface area contributed by atoms with Crippen LogP contribution in [0.2, 0.25) is 0 Å². The Labute approximate surface area is 151 Å². The van der Waals surface area contributed by atoms with Gasteiger partial charge in [-0.1, -0.05) is 12.1 Å². The van der Waals surface area contributed by atoms with Crippen LogP contribution in [0.15, 0.2) is 36.4 Å². The van der Waals surface area contributed by atoms with Crippen molar-refractivity contribution < 1.29 is 9.84 Å². The SMILES string of the molecule is Cc1c(OCC(C)(C)O)ccc2c(C#N)c(-c3cccc(NN)c3)nn12. The van der Waals surface area contributed by atoms with Gasteiger partial charge in [0.15, 0.2) is 0 Å². The number of ether oxygens (including phenoxy) is 1. The third-order valence-electron chi connectivity index (χ3n) is 3.98. The number of rotatable bonds is 5. The third-order valence-corrected chi connectivity index (χ3v) is 3.98. The summed E-state index contributed by atoms with van der Waals surface area (Å²) >= 11 is 0. The number of benzene rings is 1. The average Bonchev–Trinajstić information content (AvgIpc) is 3.00. The zero-order chi connectivity index (χ0) is 18.9. The van der Waals surface area contributed by atoms with Gasteiger partial charge < -0.3 is 15.3 Å². The normalized spacial score (nSPS) is 11.4. The van der Waals surface area contributed by atoms with Crippen LogP contribution in [-0.2, 0) is 0 Å². The van der Waals surface area contributed by atoms with Gasteiger partial charge in [-0.05, 0) is 45.0 Å². The van der Waals surface area contributed by atoms with E-state index in [0.29, 0.717) is 22.5 Å². The van der Waals surface area contributed by atoms with Gasteiger partial charge in [-0.25, -0.2) is 4.52 Å². The molecule has 0 radical (unpaired) electrons. The number of hydrogen-bond acceptors (Lipinski definition) is 6. The van der Waals surface area contributed by atoms with E-state index in [4.69, 9.17) is 10.6 Å². The zero-order valence-electron chi connectivity index (χ0n) is 14.9. The third kappa shape index (κ3) is 3.33. The van der Waals surface area contributed by atoms with Gasteiger partial charge in [0, 0.05) is 11.3 Å². The fourth-order valence-electron chi connectivity index (χ4n) is 2.70. The Morgan fingerprint density at radius 1 is 1.35 bits per heavy atom. The number of pyridine rings is 1. The number of hydrazine groups is 1. The van der Waals surface area contributed by atoms with Gasteiger partial charge in [0.05, 0.1) is 16.8 Å². The molecular formula is C19H21N5O2. The summed E-state index contributed by atoms with van der Waals surface area (Å²) in [6.45, 7) is 5.38. The Morgan fingerprint density at radius 2 is 2.12 bits per heavy atom. The molecule has 0 aliphatic rings. The topological polar surface area (TPSA) is 109 Å². The van der Waals surface area contributed by atoms with Crippen LogP contribution in [0.3, 0.4) is 0 Å². The van der Waals surface area contributed by atoms with E-state index in [0.717, 1.165) is 16.9 Å². The first-order valence-corrected chi connectivity index (χ1v) is 8.19. The van der Waals surface area contributed by atoms with E-state index in [1.165, 1.54) is 0 Å². The number of aromatic nitrogens is 2. The van der Waals surface area contributed by atoms with Crippen molar-refractivity contribution in [1.29, 1.82) is 5.26 Å². The lowest BCUT2D eigenvalue weighted by Gasteiger charge is -2.19. The van der Waals surface area contributed by atoms with Crippen molar-refractivity contribution in [3.63, 3.8) is 0 Å². The zero-order valence-corrected chi connectivity index (χ0v) is 14.9. The fourth-order valence-corrected chi connectivity index (χ4v) is 2.70. The second-order valence-corrected chi connectivity index (χ2v) is 6.74. The minimum Gasteiger partial charge on any atom is -0.489 e. The van der Waals surface area contributed by atoms with E-state index >= 15 is 0 Å². The van der Waals surface area contributed by atoms with E-state index in [1.54, 1.807) is 30.5 Å².